The van der Waals surface area contributed by atoms with Crippen LogP contribution in [0, 0.1) is 5.41 Å². The van der Waals surface area contributed by atoms with Crippen molar-refractivity contribution in [1.82, 2.24) is 0 Å². The SMILES string of the molecule is COC(=O)c1cc(Br)c2c(c1)C1CCC(N=[N+]=[N-])C1N2CC(C)(C)C. The number of rotatable bonds is 3. The van der Waals surface area contributed by atoms with Crippen LogP contribution in [0.5, 0.6) is 0 Å². The first-order chi connectivity index (χ1) is 11.8. The van der Waals surface area contributed by atoms with E-state index in [0.29, 0.717) is 5.56 Å². The number of ether oxygens (including phenoxy) is 1. The molecule has 0 aromatic heterocycles. The first kappa shape index (κ1) is 18.1. The average Bonchev–Trinajstić information content (AvgIpc) is 3.06. The molecule has 1 aliphatic heterocycles. The largest absolute Gasteiger partial charge is 0.465 e. The minimum absolute atomic E-state index is 0.0433. The molecule has 1 aromatic rings. The van der Waals surface area contributed by atoms with Crippen LogP contribution in [-0.2, 0) is 4.74 Å². The van der Waals surface area contributed by atoms with E-state index in [1.165, 1.54) is 7.11 Å². The van der Waals surface area contributed by atoms with E-state index >= 15 is 0 Å². The smallest absolute Gasteiger partial charge is 0.337 e. The van der Waals surface area contributed by atoms with Crippen molar-refractivity contribution < 1.29 is 9.53 Å². The summed E-state index contributed by atoms with van der Waals surface area (Å²) in [4.78, 5) is 17.4. The Kier molecular flexibility index (Phi) is 4.73. The van der Waals surface area contributed by atoms with Gasteiger partial charge in [0.05, 0.1) is 24.4 Å². The lowest BCUT2D eigenvalue weighted by Gasteiger charge is -2.35. The number of hydrogen-bond donors (Lipinski definition) is 0. The molecule has 1 heterocycles. The molecule has 134 valence electrons. The third kappa shape index (κ3) is 3.23. The minimum Gasteiger partial charge on any atom is -0.465 e. The van der Waals surface area contributed by atoms with E-state index in [0.717, 1.165) is 35.1 Å². The topological polar surface area (TPSA) is 78.3 Å². The van der Waals surface area contributed by atoms with E-state index < -0.39 is 0 Å². The van der Waals surface area contributed by atoms with Gasteiger partial charge in [0.25, 0.3) is 0 Å². The number of methoxy groups -OCH3 is 1. The predicted octanol–water partition coefficient (Wildman–Crippen LogP) is 5.03. The van der Waals surface area contributed by atoms with Crippen molar-refractivity contribution in [2.75, 3.05) is 18.6 Å². The van der Waals surface area contributed by atoms with Crippen molar-refractivity contribution >= 4 is 27.6 Å². The number of nitrogens with zero attached hydrogens (tertiary/aromatic N) is 4. The molecule has 0 amide bonds. The number of esters is 1. The second-order valence-electron chi connectivity index (χ2n) is 8.02. The van der Waals surface area contributed by atoms with Gasteiger partial charge in [0, 0.05) is 27.9 Å². The first-order valence-electron chi connectivity index (χ1n) is 8.49. The molecule has 3 unspecified atom stereocenters. The van der Waals surface area contributed by atoms with Crippen molar-refractivity contribution in [2.45, 2.75) is 51.6 Å². The third-order valence-electron chi connectivity index (χ3n) is 4.99. The molecule has 0 N–H and O–H groups in total. The number of hydrogen-bond acceptors (Lipinski definition) is 4. The number of anilines is 1. The summed E-state index contributed by atoms with van der Waals surface area (Å²) in [6, 6.07) is 3.88. The fraction of sp³-hybridized carbons (Fsp3) is 0.611. The second-order valence-corrected chi connectivity index (χ2v) is 8.88. The molecule has 1 fully saturated rings. The molecule has 3 rings (SSSR count). The average molecular weight is 407 g/mol. The Bertz CT molecular complexity index is 752. The number of benzene rings is 1. The molecule has 1 saturated carbocycles. The number of carbonyl (C=O) groups excluding carboxylic acids is 1. The van der Waals surface area contributed by atoms with Crippen LogP contribution >= 0.6 is 15.9 Å². The van der Waals surface area contributed by atoms with Crippen molar-refractivity contribution in [2.24, 2.45) is 10.5 Å². The maximum atomic E-state index is 12.0. The Balaban J connectivity index is 2.12. The van der Waals surface area contributed by atoms with Gasteiger partial charge in [0.2, 0.25) is 0 Å². The molecule has 25 heavy (non-hydrogen) atoms. The molecule has 1 aliphatic carbocycles. The quantitative estimate of drug-likeness (QED) is 0.305. The molecule has 2 aliphatic rings. The lowest BCUT2D eigenvalue weighted by molar-refractivity contribution is 0.0600. The zero-order valence-corrected chi connectivity index (χ0v) is 16.6. The molecule has 3 atom stereocenters. The van der Waals surface area contributed by atoms with Gasteiger partial charge in [-0.2, -0.15) is 0 Å². The lowest BCUT2D eigenvalue weighted by atomic mass is 9.94. The summed E-state index contributed by atoms with van der Waals surface area (Å²) >= 11 is 3.66. The minimum atomic E-state index is -0.334. The first-order valence-corrected chi connectivity index (χ1v) is 9.28. The fourth-order valence-electron chi connectivity index (χ4n) is 4.20. The van der Waals surface area contributed by atoms with E-state index in [4.69, 9.17) is 10.3 Å². The van der Waals surface area contributed by atoms with Crippen LogP contribution in [0.2, 0.25) is 0 Å². The zero-order valence-electron chi connectivity index (χ0n) is 15.0. The van der Waals surface area contributed by atoms with Crippen LogP contribution in [-0.4, -0.2) is 31.7 Å². The van der Waals surface area contributed by atoms with Crippen LogP contribution < -0.4 is 4.90 Å². The summed E-state index contributed by atoms with van der Waals surface area (Å²) in [5.41, 5.74) is 11.9. The molecule has 7 heteroatoms. The van der Waals surface area contributed by atoms with Gasteiger partial charge in [-0.25, -0.2) is 4.79 Å². The molecule has 6 nitrogen and oxygen atoms in total. The van der Waals surface area contributed by atoms with Gasteiger partial charge in [-0.1, -0.05) is 25.9 Å². The number of halogens is 1. The van der Waals surface area contributed by atoms with E-state index in [2.05, 4.69) is 51.6 Å². The summed E-state index contributed by atoms with van der Waals surface area (Å²) in [5, 5.41) is 4.06. The normalized spacial score (nSPS) is 24.5. The third-order valence-corrected chi connectivity index (χ3v) is 5.59. The summed E-state index contributed by atoms with van der Waals surface area (Å²) in [5.74, 6) is -0.0623. The van der Waals surface area contributed by atoms with Crippen molar-refractivity contribution in [3.63, 3.8) is 0 Å². The van der Waals surface area contributed by atoms with E-state index in [1.54, 1.807) is 0 Å². The van der Waals surface area contributed by atoms with E-state index in [-0.39, 0.29) is 29.4 Å². The van der Waals surface area contributed by atoms with Crippen LogP contribution in [0.3, 0.4) is 0 Å². The van der Waals surface area contributed by atoms with Crippen molar-refractivity contribution in [3.8, 4) is 0 Å². The van der Waals surface area contributed by atoms with Crippen LogP contribution in [0.4, 0.5) is 5.69 Å². The van der Waals surface area contributed by atoms with Crippen LogP contribution in [0.15, 0.2) is 21.7 Å². The maximum Gasteiger partial charge on any atom is 0.337 e. The molecule has 0 spiro atoms. The van der Waals surface area contributed by atoms with Gasteiger partial charge in [-0.15, -0.1) is 0 Å². The standard InChI is InChI=1S/C18H23BrN4O2/c1-18(2,3)9-23-15-12(7-10(8-13(15)19)17(24)25-4)11-5-6-14(16(11)23)21-22-20/h7-8,11,14,16H,5-6,9H2,1-4H3. The highest BCUT2D eigenvalue weighted by atomic mass is 79.9. The molecule has 0 radical (unpaired) electrons. The maximum absolute atomic E-state index is 12.0. The predicted molar refractivity (Wildman–Crippen MR) is 101 cm³/mol. The Morgan fingerprint density at radius 3 is 2.76 bits per heavy atom. The number of carbonyl (C=O) groups is 1. The van der Waals surface area contributed by atoms with E-state index in [1.807, 2.05) is 12.1 Å². The summed E-state index contributed by atoms with van der Waals surface area (Å²) in [6.07, 6.45) is 1.83. The van der Waals surface area contributed by atoms with Gasteiger partial charge >= 0.3 is 5.97 Å². The van der Waals surface area contributed by atoms with Gasteiger partial charge in [0.15, 0.2) is 0 Å². The molecular weight excluding hydrogens is 384 g/mol. The highest BCUT2D eigenvalue weighted by Gasteiger charge is 2.48. The summed E-state index contributed by atoms with van der Waals surface area (Å²) < 4.78 is 5.78. The second kappa shape index (κ2) is 6.54. The fourth-order valence-corrected chi connectivity index (χ4v) is 4.91. The number of fused-ring (bicyclic) bond motifs is 3. The zero-order chi connectivity index (χ0) is 18.4. The van der Waals surface area contributed by atoms with Crippen LogP contribution in [0.25, 0.3) is 10.4 Å². The summed E-state index contributed by atoms with van der Waals surface area (Å²) in [7, 11) is 1.39. The highest BCUT2D eigenvalue weighted by Crippen LogP contribution is 2.53. The van der Waals surface area contributed by atoms with Crippen molar-refractivity contribution in [1.29, 1.82) is 0 Å². The monoisotopic (exact) mass is 406 g/mol. The number of azide groups is 1. The molecule has 1 aromatic carbocycles. The Morgan fingerprint density at radius 1 is 1.44 bits per heavy atom. The van der Waals surface area contributed by atoms with Gasteiger partial charge in [-0.05, 0) is 57.4 Å². The summed E-state index contributed by atoms with van der Waals surface area (Å²) in [6.45, 7) is 7.46. The Labute approximate surface area is 156 Å². The lowest BCUT2D eigenvalue weighted by Crippen LogP contribution is -2.43. The van der Waals surface area contributed by atoms with Gasteiger partial charge in [-0.3, -0.25) is 0 Å². The van der Waals surface area contributed by atoms with E-state index in [9.17, 15) is 4.79 Å². The molecular formula is C18H23BrN4O2. The Morgan fingerprint density at radius 2 is 2.16 bits per heavy atom. The molecule has 0 bridgehead atoms. The van der Waals surface area contributed by atoms with Gasteiger partial charge in [0.1, 0.15) is 0 Å². The van der Waals surface area contributed by atoms with Crippen LogP contribution in [0.1, 0.15) is 55.5 Å². The Hall–Kier alpha value is -1.72. The molecule has 0 saturated heterocycles. The van der Waals surface area contributed by atoms with Gasteiger partial charge < -0.3 is 9.64 Å². The van der Waals surface area contributed by atoms with Crippen molar-refractivity contribution in [3.05, 3.63) is 38.2 Å². The highest BCUT2D eigenvalue weighted by molar-refractivity contribution is 9.10.